The first-order chi connectivity index (χ1) is 29.2. The van der Waals surface area contributed by atoms with Gasteiger partial charge in [0.25, 0.3) is 0 Å². The first-order valence-electron chi connectivity index (χ1n) is 18.0. The number of methoxy groups -OCH3 is 1. The maximum Gasteiger partial charge on any atom is 0.343 e. The van der Waals surface area contributed by atoms with Gasteiger partial charge in [-0.1, -0.05) is 61.7 Å². The van der Waals surface area contributed by atoms with E-state index in [-0.39, 0.29) is 13.6 Å². The minimum absolute atomic E-state index is 0.241. The van der Waals surface area contributed by atoms with Crippen LogP contribution in [0, 0.1) is 11.3 Å². The number of nitrogens with zero attached hydrogens (tertiary/aromatic N) is 1. The zero-order chi connectivity index (χ0) is 42.7. The molecule has 0 atom stereocenters. The fourth-order valence-electron chi connectivity index (χ4n) is 5.09. The molecule has 6 aromatic rings. The smallest absolute Gasteiger partial charge is 0.343 e. The number of rotatable bonds is 15. The monoisotopic (exact) mass is 803 g/mol. The van der Waals surface area contributed by atoms with Crippen LogP contribution >= 0.6 is 0 Å². The van der Waals surface area contributed by atoms with Crippen molar-refractivity contribution >= 4 is 23.9 Å². The third-order valence-corrected chi connectivity index (χ3v) is 8.27. The van der Waals surface area contributed by atoms with E-state index in [0.717, 1.165) is 40.2 Å². The molecule has 0 saturated carbocycles. The number of carbonyl (C=O) groups is 4. The van der Waals surface area contributed by atoms with Crippen LogP contribution in [0.15, 0.2) is 171 Å². The molecule has 12 heteroatoms. The lowest BCUT2D eigenvalue weighted by atomic mass is 10.0. The Hall–Kier alpha value is -8.43. The van der Waals surface area contributed by atoms with Crippen LogP contribution in [0.3, 0.4) is 0 Å². The SMILES string of the molecule is C=CC(=O)OCOc1ccc(C(=O)Oc2ccc(-c3ccc(C#N)cc3)cc2)cc1.C=CC(=O)OCOc1ccc(C(=O)Oc2ccc(-c3ccc(OC)cc3)cc2)cc1. The molecule has 300 valence electrons. The standard InChI is InChI=1S/C24H17NO5.C24H20O6/c1-2-23(26)29-16-28-21-11-9-20(10-12-21)24(27)30-22-13-7-19(8-14-22)18-5-3-17(15-25)4-6-18;1-3-23(25)29-16-28-21-12-8-19(9-13-21)24(26)30-22-14-6-18(7-15-22)17-4-10-20(27-2)11-5-17/h2-14H,1,16H2;3-15H,1,16H2,2H3. The van der Waals surface area contributed by atoms with Crippen LogP contribution < -0.4 is 23.7 Å². The average Bonchev–Trinajstić information content (AvgIpc) is 3.30. The highest BCUT2D eigenvalue weighted by molar-refractivity contribution is 5.92. The van der Waals surface area contributed by atoms with Gasteiger partial charge in [0.2, 0.25) is 13.6 Å². The molecule has 0 unspecified atom stereocenters. The lowest BCUT2D eigenvalue weighted by Crippen LogP contribution is -2.09. The van der Waals surface area contributed by atoms with Crippen molar-refractivity contribution in [3.63, 3.8) is 0 Å². The molecule has 0 heterocycles. The Morgan fingerprint density at radius 3 is 1.12 bits per heavy atom. The van der Waals surface area contributed by atoms with Crippen molar-refractivity contribution in [2.45, 2.75) is 0 Å². The molecule has 0 aliphatic carbocycles. The predicted octanol–water partition coefficient (Wildman–Crippen LogP) is 9.16. The Labute approximate surface area is 346 Å². The molecule has 0 fully saturated rings. The second kappa shape index (κ2) is 21.8. The van der Waals surface area contributed by atoms with Crippen LogP contribution in [0.25, 0.3) is 22.3 Å². The molecular formula is C48H37NO11. The topological polar surface area (TPSA) is 157 Å². The van der Waals surface area contributed by atoms with Gasteiger partial charge in [0.05, 0.1) is 29.9 Å². The summed E-state index contributed by atoms with van der Waals surface area (Å²) < 4.78 is 35.9. The van der Waals surface area contributed by atoms with Gasteiger partial charge < -0.3 is 33.2 Å². The van der Waals surface area contributed by atoms with Crippen LogP contribution in [-0.2, 0) is 19.1 Å². The van der Waals surface area contributed by atoms with E-state index in [2.05, 4.69) is 19.2 Å². The second-order valence-corrected chi connectivity index (χ2v) is 12.2. The lowest BCUT2D eigenvalue weighted by molar-refractivity contribution is -0.145. The molecule has 0 amide bonds. The van der Waals surface area contributed by atoms with E-state index >= 15 is 0 Å². The molecule has 0 aromatic heterocycles. The molecular weight excluding hydrogens is 767 g/mol. The van der Waals surface area contributed by atoms with Gasteiger partial charge in [-0.15, -0.1) is 0 Å². The summed E-state index contributed by atoms with van der Waals surface area (Å²) in [4.78, 5) is 46.6. The number of hydrogen-bond acceptors (Lipinski definition) is 12. The van der Waals surface area contributed by atoms with Gasteiger partial charge in [-0.3, -0.25) is 0 Å². The second-order valence-electron chi connectivity index (χ2n) is 12.2. The van der Waals surface area contributed by atoms with Crippen LogP contribution in [-0.4, -0.2) is 44.6 Å². The average molecular weight is 804 g/mol. The molecule has 0 radical (unpaired) electrons. The highest BCUT2D eigenvalue weighted by Crippen LogP contribution is 2.26. The lowest BCUT2D eigenvalue weighted by Gasteiger charge is -2.08. The molecule has 0 saturated heterocycles. The van der Waals surface area contributed by atoms with Crippen molar-refractivity contribution in [1.82, 2.24) is 0 Å². The minimum Gasteiger partial charge on any atom is -0.497 e. The summed E-state index contributed by atoms with van der Waals surface area (Å²) >= 11 is 0. The molecule has 60 heavy (non-hydrogen) atoms. The van der Waals surface area contributed by atoms with Gasteiger partial charge >= 0.3 is 23.9 Å². The van der Waals surface area contributed by atoms with Crippen molar-refractivity contribution in [3.8, 4) is 57.1 Å². The predicted molar refractivity (Wildman–Crippen MR) is 221 cm³/mol. The van der Waals surface area contributed by atoms with E-state index in [1.165, 1.54) is 0 Å². The summed E-state index contributed by atoms with van der Waals surface area (Å²) in [5, 5.41) is 8.87. The molecule has 0 spiro atoms. The summed E-state index contributed by atoms with van der Waals surface area (Å²) in [5.41, 5.74) is 5.24. The summed E-state index contributed by atoms with van der Waals surface area (Å²) in [6, 6.07) is 43.9. The fourth-order valence-corrected chi connectivity index (χ4v) is 5.09. The number of esters is 4. The number of carbonyl (C=O) groups excluding carboxylic acids is 4. The molecule has 0 aliphatic heterocycles. The summed E-state index contributed by atoms with van der Waals surface area (Å²) in [5.74, 6) is 0.375. The first-order valence-corrected chi connectivity index (χ1v) is 18.0. The molecule has 0 bridgehead atoms. The molecule has 12 nitrogen and oxygen atoms in total. The van der Waals surface area contributed by atoms with Gasteiger partial charge in [0.15, 0.2) is 0 Å². The Bertz CT molecular complexity index is 2440. The number of benzene rings is 6. The maximum atomic E-state index is 12.3. The molecule has 0 N–H and O–H groups in total. The van der Waals surface area contributed by atoms with Gasteiger partial charge in [-0.2, -0.15) is 5.26 Å². The van der Waals surface area contributed by atoms with Gasteiger partial charge in [0, 0.05) is 12.2 Å². The van der Waals surface area contributed by atoms with Gasteiger partial charge in [-0.25, -0.2) is 19.2 Å². The summed E-state index contributed by atoms with van der Waals surface area (Å²) in [7, 11) is 1.62. The van der Waals surface area contributed by atoms with E-state index in [1.807, 2.05) is 60.7 Å². The van der Waals surface area contributed by atoms with Crippen molar-refractivity contribution < 1.29 is 52.3 Å². The van der Waals surface area contributed by atoms with Crippen molar-refractivity contribution in [1.29, 1.82) is 5.26 Å². The minimum atomic E-state index is -0.583. The third kappa shape index (κ3) is 12.8. The Kier molecular flexibility index (Phi) is 15.5. The number of hydrogen-bond donors (Lipinski definition) is 0. The third-order valence-electron chi connectivity index (χ3n) is 8.27. The highest BCUT2D eigenvalue weighted by atomic mass is 16.7. The van der Waals surface area contributed by atoms with Crippen molar-refractivity contribution in [3.05, 3.63) is 188 Å². The summed E-state index contributed by atoms with van der Waals surface area (Å²) in [6.07, 6.45) is 2.09. The highest BCUT2D eigenvalue weighted by Gasteiger charge is 2.11. The van der Waals surface area contributed by atoms with Crippen LogP contribution in [0.4, 0.5) is 0 Å². The largest absolute Gasteiger partial charge is 0.497 e. The molecule has 0 aliphatic rings. The Morgan fingerprint density at radius 1 is 0.483 bits per heavy atom. The van der Waals surface area contributed by atoms with Gasteiger partial charge in [0.1, 0.15) is 28.7 Å². The number of nitriles is 1. The van der Waals surface area contributed by atoms with Crippen LogP contribution in [0.2, 0.25) is 0 Å². The zero-order valence-electron chi connectivity index (χ0n) is 32.3. The van der Waals surface area contributed by atoms with E-state index in [1.54, 1.807) is 92.0 Å². The maximum absolute atomic E-state index is 12.3. The van der Waals surface area contributed by atoms with Crippen molar-refractivity contribution in [2.75, 3.05) is 20.7 Å². The van der Waals surface area contributed by atoms with E-state index in [9.17, 15) is 19.2 Å². The molecule has 6 rings (SSSR count). The van der Waals surface area contributed by atoms with Crippen molar-refractivity contribution in [2.24, 2.45) is 0 Å². The number of ether oxygens (including phenoxy) is 7. The van der Waals surface area contributed by atoms with E-state index in [0.29, 0.717) is 39.7 Å². The Balaban J connectivity index is 0.000000228. The zero-order valence-corrected chi connectivity index (χ0v) is 32.3. The summed E-state index contributed by atoms with van der Waals surface area (Å²) in [6.45, 7) is 6.09. The Morgan fingerprint density at radius 2 is 0.800 bits per heavy atom. The van der Waals surface area contributed by atoms with E-state index < -0.39 is 23.9 Å². The molecule has 6 aromatic carbocycles. The normalized spacial score (nSPS) is 9.93. The van der Waals surface area contributed by atoms with Crippen LogP contribution in [0.5, 0.6) is 28.7 Å². The quantitative estimate of drug-likeness (QED) is 0.0420. The van der Waals surface area contributed by atoms with E-state index in [4.69, 9.17) is 38.4 Å². The fraction of sp³-hybridized carbons (Fsp3) is 0.0625. The first kappa shape index (κ1) is 42.7. The van der Waals surface area contributed by atoms with Gasteiger partial charge in [-0.05, 0) is 119 Å². The van der Waals surface area contributed by atoms with Crippen LogP contribution in [0.1, 0.15) is 26.3 Å².